The summed E-state index contributed by atoms with van der Waals surface area (Å²) in [6.07, 6.45) is 1.28. The lowest BCUT2D eigenvalue weighted by atomic mass is 10.1. The molecule has 0 bridgehead atoms. The van der Waals surface area contributed by atoms with E-state index < -0.39 is 29.3 Å². The van der Waals surface area contributed by atoms with Crippen molar-refractivity contribution in [3.05, 3.63) is 0 Å². The van der Waals surface area contributed by atoms with Gasteiger partial charge >= 0.3 is 12.1 Å². The van der Waals surface area contributed by atoms with Gasteiger partial charge in [0.15, 0.2) is 0 Å². The van der Waals surface area contributed by atoms with E-state index in [1.807, 2.05) is 6.92 Å². The van der Waals surface area contributed by atoms with Crippen molar-refractivity contribution in [3.8, 4) is 0 Å². The molecule has 0 spiro atoms. The number of alkyl carbamates (subject to hydrolysis) is 1. The van der Waals surface area contributed by atoms with Crippen LogP contribution in [0.3, 0.4) is 0 Å². The zero-order chi connectivity index (χ0) is 19.7. The summed E-state index contributed by atoms with van der Waals surface area (Å²) in [7, 11) is 0. The molecule has 2 N–H and O–H groups in total. The Morgan fingerprint density at radius 3 is 2.00 bits per heavy atom. The molecule has 0 aliphatic rings. The number of ether oxygens (including phenoxy) is 2. The normalized spacial score (nSPS) is 12.9. The van der Waals surface area contributed by atoms with E-state index >= 15 is 0 Å². The van der Waals surface area contributed by atoms with E-state index in [1.54, 1.807) is 41.5 Å². The second kappa shape index (κ2) is 10.3. The van der Waals surface area contributed by atoms with Gasteiger partial charge in [-0.1, -0.05) is 13.3 Å². The minimum Gasteiger partial charge on any atom is -0.460 e. The highest BCUT2D eigenvalue weighted by Gasteiger charge is 2.26. The minimum atomic E-state index is -0.848. The summed E-state index contributed by atoms with van der Waals surface area (Å²) in [4.78, 5) is 36.1. The summed E-state index contributed by atoms with van der Waals surface area (Å²) in [5, 5.41) is 5.30. The van der Waals surface area contributed by atoms with Crippen molar-refractivity contribution in [2.75, 3.05) is 6.54 Å². The van der Waals surface area contributed by atoms with Crippen molar-refractivity contribution in [1.82, 2.24) is 10.6 Å². The predicted octanol–water partition coefficient (Wildman–Crippen LogP) is 2.92. The molecule has 0 aromatic heterocycles. The highest BCUT2D eigenvalue weighted by Crippen LogP contribution is 2.11. The van der Waals surface area contributed by atoms with Crippen LogP contribution in [0.15, 0.2) is 0 Å². The standard InChI is InChI=1S/C18H34N2O5/c1-8-9-12-19-15(22)13(20-16(23)25-18(5,6)7)10-11-14(21)24-17(2,3)4/h13H,8-12H2,1-7H3,(H,19,22)(H,20,23)/t13-/m0/s1. The number of nitrogens with one attached hydrogen (secondary N) is 2. The first kappa shape index (κ1) is 23.2. The molecule has 1 atom stereocenters. The third-order valence-electron chi connectivity index (χ3n) is 2.89. The van der Waals surface area contributed by atoms with Crippen LogP contribution in [-0.4, -0.2) is 41.8 Å². The third kappa shape index (κ3) is 13.2. The van der Waals surface area contributed by atoms with E-state index in [0.29, 0.717) is 6.54 Å². The summed E-state index contributed by atoms with van der Waals surface area (Å²) in [5.74, 6) is -0.743. The van der Waals surface area contributed by atoms with Crippen molar-refractivity contribution in [1.29, 1.82) is 0 Å². The lowest BCUT2D eigenvalue weighted by Crippen LogP contribution is -2.48. The van der Waals surface area contributed by atoms with Crippen LogP contribution < -0.4 is 10.6 Å². The van der Waals surface area contributed by atoms with E-state index in [9.17, 15) is 14.4 Å². The van der Waals surface area contributed by atoms with Gasteiger partial charge in [-0.05, 0) is 54.4 Å². The SMILES string of the molecule is CCCCNC(=O)[C@H](CCC(=O)OC(C)(C)C)NC(=O)OC(C)(C)C. The number of hydrogen-bond donors (Lipinski definition) is 2. The third-order valence-corrected chi connectivity index (χ3v) is 2.89. The summed E-state index contributed by atoms with van der Waals surface area (Å²) in [5.41, 5.74) is -1.26. The first-order valence-electron chi connectivity index (χ1n) is 8.83. The van der Waals surface area contributed by atoms with Gasteiger partial charge in [0.25, 0.3) is 0 Å². The molecule has 0 fully saturated rings. The van der Waals surface area contributed by atoms with Crippen LogP contribution in [0.5, 0.6) is 0 Å². The Morgan fingerprint density at radius 1 is 0.960 bits per heavy atom. The summed E-state index contributed by atoms with van der Waals surface area (Å²) >= 11 is 0. The topological polar surface area (TPSA) is 93.7 Å². The van der Waals surface area contributed by atoms with Gasteiger partial charge in [0.2, 0.25) is 5.91 Å². The van der Waals surface area contributed by atoms with Crippen LogP contribution in [0.4, 0.5) is 4.79 Å². The van der Waals surface area contributed by atoms with Gasteiger partial charge in [-0.25, -0.2) is 4.79 Å². The minimum absolute atomic E-state index is 0.0267. The second-order valence-corrected chi connectivity index (χ2v) is 7.97. The number of carbonyl (C=O) groups is 3. The first-order chi connectivity index (χ1) is 11.3. The van der Waals surface area contributed by atoms with Gasteiger partial charge < -0.3 is 20.1 Å². The number of amides is 2. The molecular weight excluding hydrogens is 324 g/mol. The quantitative estimate of drug-likeness (QED) is 0.514. The molecule has 0 aliphatic heterocycles. The number of carbonyl (C=O) groups excluding carboxylic acids is 3. The largest absolute Gasteiger partial charge is 0.460 e. The van der Waals surface area contributed by atoms with Crippen molar-refractivity contribution in [2.45, 2.75) is 91.4 Å². The number of esters is 1. The summed E-state index contributed by atoms with van der Waals surface area (Å²) in [6.45, 7) is 13.1. The van der Waals surface area contributed by atoms with E-state index in [-0.39, 0.29) is 18.7 Å². The van der Waals surface area contributed by atoms with E-state index in [4.69, 9.17) is 9.47 Å². The number of rotatable bonds is 8. The average Bonchev–Trinajstić information content (AvgIpc) is 2.39. The van der Waals surface area contributed by atoms with E-state index in [2.05, 4.69) is 10.6 Å². The molecule has 0 aromatic carbocycles. The lowest BCUT2D eigenvalue weighted by Gasteiger charge is -2.24. The van der Waals surface area contributed by atoms with Crippen LogP contribution in [0.1, 0.15) is 74.1 Å². The highest BCUT2D eigenvalue weighted by atomic mass is 16.6. The molecule has 0 heterocycles. The van der Waals surface area contributed by atoms with Gasteiger partial charge in [-0.2, -0.15) is 0 Å². The predicted molar refractivity (Wildman–Crippen MR) is 96.2 cm³/mol. The molecular formula is C18H34N2O5. The average molecular weight is 358 g/mol. The monoisotopic (exact) mass is 358 g/mol. The lowest BCUT2D eigenvalue weighted by molar-refractivity contribution is -0.155. The zero-order valence-electron chi connectivity index (χ0n) is 16.7. The number of hydrogen-bond acceptors (Lipinski definition) is 5. The molecule has 2 amide bonds. The van der Waals surface area contributed by atoms with Gasteiger partial charge in [-0.3, -0.25) is 9.59 Å². The molecule has 0 radical (unpaired) electrons. The zero-order valence-corrected chi connectivity index (χ0v) is 16.7. The van der Waals surface area contributed by atoms with Crippen LogP contribution in [0.2, 0.25) is 0 Å². The summed E-state index contributed by atoms with van der Waals surface area (Å²) < 4.78 is 10.4. The van der Waals surface area contributed by atoms with Gasteiger partial charge in [0, 0.05) is 13.0 Å². The molecule has 0 rings (SSSR count). The van der Waals surface area contributed by atoms with Gasteiger partial charge in [0.05, 0.1) is 0 Å². The molecule has 0 aliphatic carbocycles. The molecule has 0 saturated carbocycles. The fraction of sp³-hybridized carbons (Fsp3) is 0.833. The maximum atomic E-state index is 12.3. The molecule has 146 valence electrons. The second-order valence-electron chi connectivity index (χ2n) is 7.97. The van der Waals surface area contributed by atoms with E-state index in [1.165, 1.54) is 0 Å². The van der Waals surface area contributed by atoms with Crippen molar-refractivity contribution in [3.63, 3.8) is 0 Å². The molecule has 7 heteroatoms. The van der Waals surface area contributed by atoms with Crippen LogP contribution in [0, 0.1) is 0 Å². The van der Waals surface area contributed by atoms with Crippen LogP contribution in [0.25, 0.3) is 0 Å². The van der Waals surface area contributed by atoms with Gasteiger partial charge in [-0.15, -0.1) is 0 Å². The van der Waals surface area contributed by atoms with Crippen molar-refractivity contribution < 1.29 is 23.9 Å². The maximum Gasteiger partial charge on any atom is 0.408 e. The van der Waals surface area contributed by atoms with Crippen LogP contribution in [-0.2, 0) is 19.1 Å². The smallest absolute Gasteiger partial charge is 0.408 e. The Bertz CT molecular complexity index is 449. The maximum absolute atomic E-state index is 12.3. The fourth-order valence-electron chi connectivity index (χ4n) is 1.88. The Kier molecular flexibility index (Phi) is 9.52. The van der Waals surface area contributed by atoms with E-state index in [0.717, 1.165) is 12.8 Å². The fourth-order valence-corrected chi connectivity index (χ4v) is 1.88. The molecule has 0 saturated heterocycles. The molecule has 0 unspecified atom stereocenters. The Morgan fingerprint density at radius 2 is 1.52 bits per heavy atom. The Hall–Kier alpha value is -1.79. The van der Waals surface area contributed by atoms with Gasteiger partial charge in [0.1, 0.15) is 17.2 Å². The molecule has 7 nitrogen and oxygen atoms in total. The van der Waals surface area contributed by atoms with Crippen LogP contribution >= 0.6 is 0 Å². The van der Waals surface area contributed by atoms with Crippen molar-refractivity contribution >= 4 is 18.0 Å². The molecule has 0 aromatic rings. The van der Waals surface area contributed by atoms with Crippen molar-refractivity contribution in [2.24, 2.45) is 0 Å². The molecule has 25 heavy (non-hydrogen) atoms. The number of unbranched alkanes of at least 4 members (excludes halogenated alkanes) is 1. The Balaban J connectivity index is 4.74. The highest BCUT2D eigenvalue weighted by molar-refractivity contribution is 5.86. The summed E-state index contributed by atoms with van der Waals surface area (Å²) in [6, 6.07) is -0.848. The first-order valence-corrected chi connectivity index (χ1v) is 8.83. The Labute approximate surface area is 151 Å².